The minimum atomic E-state index is 0.0470. The summed E-state index contributed by atoms with van der Waals surface area (Å²) < 4.78 is 1.09. The second-order valence-corrected chi connectivity index (χ2v) is 5.08. The molecule has 0 unspecified atom stereocenters. The summed E-state index contributed by atoms with van der Waals surface area (Å²) in [5.41, 5.74) is 1.21. The van der Waals surface area contributed by atoms with Gasteiger partial charge in [0.05, 0.1) is 6.54 Å². The van der Waals surface area contributed by atoms with Crippen LogP contribution in [0, 0.1) is 0 Å². The topological polar surface area (TPSA) is 41.1 Å². The third-order valence-corrected chi connectivity index (χ3v) is 3.12. The fraction of sp³-hybridized carbons (Fsp3) is 0.462. The molecule has 0 spiro atoms. The van der Waals surface area contributed by atoms with E-state index in [9.17, 15) is 4.79 Å². The molecule has 0 aliphatic heterocycles. The minimum absolute atomic E-state index is 0.0470. The van der Waals surface area contributed by atoms with Crippen molar-refractivity contribution in [3.63, 3.8) is 0 Å². The van der Waals surface area contributed by atoms with Gasteiger partial charge in [0, 0.05) is 17.1 Å². The normalized spacial score (nSPS) is 10.6. The molecule has 0 aliphatic rings. The van der Waals surface area contributed by atoms with Gasteiger partial charge in [-0.25, -0.2) is 0 Å². The zero-order chi connectivity index (χ0) is 12.7. The van der Waals surface area contributed by atoms with Crippen LogP contribution in [-0.4, -0.2) is 25.0 Å². The van der Waals surface area contributed by atoms with Crippen molar-refractivity contribution >= 4 is 21.8 Å². The zero-order valence-corrected chi connectivity index (χ0v) is 11.9. The molecule has 0 bridgehead atoms. The maximum Gasteiger partial charge on any atom is 0.233 e. The van der Waals surface area contributed by atoms with Crippen LogP contribution in [0.1, 0.15) is 19.4 Å². The third-order valence-electron chi connectivity index (χ3n) is 2.35. The molecule has 4 heteroatoms. The summed E-state index contributed by atoms with van der Waals surface area (Å²) >= 11 is 3.49. The van der Waals surface area contributed by atoms with Crippen LogP contribution in [0.25, 0.3) is 0 Å². The van der Waals surface area contributed by atoms with Crippen LogP contribution in [-0.2, 0) is 11.2 Å². The van der Waals surface area contributed by atoms with Crippen molar-refractivity contribution in [2.24, 2.45) is 0 Å². The smallest absolute Gasteiger partial charge is 0.233 e. The molecule has 0 radical (unpaired) electrons. The highest BCUT2D eigenvalue weighted by atomic mass is 79.9. The van der Waals surface area contributed by atoms with Crippen LogP contribution in [0.3, 0.4) is 0 Å². The number of amides is 1. The second-order valence-electron chi connectivity index (χ2n) is 4.23. The number of carbonyl (C=O) groups is 1. The fourth-order valence-corrected chi connectivity index (χ4v) is 1.88. The van der Waals surface area contributed by atoms with E-state index in [0.717, 1.165) is 10.9 Å². The maximum absolute atomic E-state index is 11.4. The van der Waals surface area contributed by atoms with Crippen LogP contribution in [0.15, 0.2) is 28.7 Å². The van der Waals surface area contributed by atoms with E-state index >= 15 is 0 Å². The van der Waals surface area contributed by atoms with Crippen LogP contribution < -0.4 is 10.6 Å². The largest absolute Gasteiger partial charge is 0.355 e. The van der Waals surface area contributed by atoms with E-state index in [4.69, 9.17) is 0 Å². The molecule has 3 nitrogen and oxygen atoms in total. The van der Waals surface area contributed by atoms with Crippen LogP contribution in [0.2, 0.25) is 0 Å². The van der Waals surface area contributed by atoms with Crippen molar-refractivity contribution in [1.82, 2.24) is 10.6 Å². The number of nitrogens with one attached hydrogen (secondary N) is 2. The molecule has 1 aromatic rings. The van der Waals surface area contributed by atoms with E-state index in [1.807, 2.05) is 32.0 Å². The van der Waals surface area contributed by atoms with Gasteiger partial charge in [-0.3, -0.25) is 4.79 Å². The fourth-order valence-electron chi connectivity index (χ4n) is 1.40. The first-order valence-electron chi connectivity index (χ1n) is 5.83. The summed E-state index contributed by atoms with van der Waals surface area (Å²) in [6, 6.07) is 8.39. The molecule has 94 valence electrons. The van der Waals surface area contributed by atoms with Gasteiger partial charge >= 0.3 is 0 Å². The number of rotatable bonds is 6. The Labute approximate surface area is 111 Å². The first-order chi connectivity index (χ1) is 8.09. The third kappa shape index (κ3) is 5.84. The maximum atomic E-state index is 11.4. The second kappa shape index (κ2) is 7.45. The predicted molar refractivity (Wildman–Crippen MR) is 74.0 cm³/mol. The average molecular weight is 299 g/mol. The van der Waals surface area contributed by atoms with Crippen molar-refractivity contribution in [1.29, 1.82) is 0 Å². The summed E-state index contributed by atoms with van der Waals surface area (Å²) in [5.74, 6) is 0.0470. The number of hydrogen-bond acceptors (Lipinski definition) is 2. The summed E-state index contributed by atoms with van der Waals surface area (Å²) in [4.78, 5) is 11.4. The molecule has 1 aromatic carbocycles. The Balaban J connectivity index is 2.24. The number of benzene rings is 1. The van der Waals surface area contributed by atoms with Crippen molar-refractivity contribution in [3.8, 4) is 0 Å². The first-order valence-corrected chi connectivity index (χ1v) is 6.62. The Kier molecular flexibility index (Phi) is 6.22. The molecule has 2 N–H and O–H groups in total. The highest BCUT2D eigenvalue weighted by Crippen LogP contribution is 2.15. The Hall–Kier alpha value is -0.870. The van der Waals surface area contributed by atoms with Crippen molar-refractivity contribution in [3.05, 3.63) is 34.3 Å². The highest BCUT2D eigenvalue weighted by Gasteiger charge is 2.02. The lowest BCUT2D eigenvalue weighted by Crippen LogP contribution is -2.37. The van der Waals surface area contributed by atoms with Gasteiger partial charge in [-0.1, -0.05) is 48.0 Å². The van der Waals surface area contributed by atoms with E-state index in [2.05, 4.69) is 32.6 Å². The summed E-state index contributed by atoms with van der Waals surface area (Å²) in [6.07, 6.45) is 0.842. The van der Waals surface area contributed by atoms with Gasteiger partial charge in [0.2, 0.25) is 5.91 Å². The minimum Gasteiger partial charge on any atom is -0.355 e. The molecule has 0 heterocycles. The molecule has 1 rings (SSSR count). The molecular weight excluding hydrogens is 280 g/mol. The molecule has 1 amide bonds. The molecule has 0 saturated carbocycles. The van der Waals surface area contributed by atoms with Gasteiger partial charge in [-0.15, -0.1) is 0 Å². The van der Waals surface area contributed by atoms with E-state index in [1.165, 1.54) is 5.56 Å². The van der Waals surface area contributed by atoms with Crippen molar-refractivity contribution in [2.75, 3.05) is 13.1 Å². The standard InChI is InChI=1S/C13H19BrN2O/c1-10(2)16-9-13(17)15-8-7-11-5-3-4-6-12(11)14/h3-6,10,16H,7-9H2,1-2H3,(H,15,17). The molecule has 0 saturated heterocycles. The Morgan fingerprint density at radius 2 is 2.06 bits per heavy atom. The van der Waals surface area contributed by atoms with Gasteiger partial charge in [-0.05, 0) is 18.1 Å². The highest BCUT2D eigenvalue weighted by molar-refractivity contribution is 9.10. The number of halogens is 1. The van der Waals surface area contributed by atoms with Crippen molar-refractivity contribution < 1.29 is 4.79 Å². The SMILES string of the molecule is CC(C)NCC(=O)NCCc1ccccc1Br. The van der Waals surface area contributed by atoms with Gasteiger partial charge in [0.25, 0.3) is 0 Å². The Morgan fingerprint density at radius 3 is 2.71 bits per heavy atom. The Morgan fingerprint density at radius 1 is 1.35 bits per heavy atom. The lowest BCUT2D eigenvalue weighted by molar-refractivity contribution is -0.120. The lowest BCUT2D eigenvalue weighted by Gasteiger charge is -2.09. The van der Waals surface area contributed by atoms with E-state index in [0.29, 0.717) is 19.1 Å². The lowest BCUT2D eigenvalue weighted by atomic mass is 10.1. The molecule has 0 aromatic heterocycles. The van der Waals surface area contributed by atoms with Crippen LogP contribution in [0.5, 0.6) is 0 Å². The van der Waals surface area contributed by atoms with Gasteiger partial charge in [-0.2, -0.15) is 0 Å². The quantitative estimate of drug-likeness (QED) is 0.844. The van der Waals surface area contributed by atoms with E-state index < -0.39 is 0 Å². The summed E-state index contributed by atoms with van der Waals surface area (Å²) in [5, 5.41) is 5.98. The van der Waals surface area contributed by atoms with Gasteiger partial charge in [0.15, 0.2) is 0 Å². The molecule has 17 heavy (non-hydrogen) atoms. The first kappa shape index (κ1) is 14.2. The van der Waals surface area contributed by atoms with E-state index in [1.54, 1.807) is 0 Å². The van der Waals surface area contributed by atoms with Gasteiger partial charge < -0.3 is 10.6 Å². The molecule has 0 atom stereocenters. The van der Waals surface area contributed by atoms with Crippen molar-refractivity contribution in [2.45, 2.75) is 26.3 Å². The average Bonchev–Trinajstić information content (AvgIpc) is 2.29. The van der Waals surface area contributed by atoms with Gasteiger partial charge in [0.1, 0.15) is 0 Å². The van der Waals surface area contributed by atoms with E-state index in [-0.39, 0.29) is 5.91 Å². The molecular formula is C13H19BrN2O. The number of carbonyl (C=O) groups excluding carboxylic acids is 1. The summed E-state index contributed by atoms with van der Waals surface area (Å²) in [7, 11) is 0. The predicted octanol–water partition coefficient (Wildman–Crippen LogP) is 2.11. The summed E-state index contributed by atoms with van der Waals surface area (Å²) in [6.45, 7) is 5.09. The Bertz CT molecular complexity index is 366. The molecule has 0 aliphatic carbocycles. The monoisotopic (exact) mass is 298 g/mol. The zero-order valence-electron chi connectivity index (χ0n) is 10.3. The number of hydrogen-bond donors (Lipinski definition) is 2. The molecule has 0 fully saturated rings. The van der Waals surface area contributed by atoms with Crippen LogP contribution in [0.4, 0.5) is 0 Å². The van der Waals surface area contributed by atoms with Crippen LogP contribution >= 0.6 is 15.9 Å².